The molecule has 134 valence electrons. The van der Waals surface area contributed by atoms with Gasteiger partial charge < -0.3 is 14.5 Å². The minimum atomic E-state index is -0.830. The second-order valence-corrected chi connectivity index (χ2v) is 5.36. The van der Waals surface area contributed by atoms with Gasteiger partial charge in [-0.1, -0.05) is 12.1 Å². The fraction of sp³-hybridized carbons (Fsp3) is 0.222. The maximum Gasteiger partial charge on any atom is 0.342 e. The number of hydrogen-bond acceptors (Lipinski definition) is 6. The summed E-state index contributed by atoms with van der Waals surface area (Å²) >= 11 is 0. The van der Waals surface area contributed by atoms with Crippen molar-refractivity contribution in [2.75, 3.05) is 18.1 Å². The van der Waals surface area contributed by atoms with Gasteiger partial charge >= 0.3 is 11.9 Å². The number of benzene rings is 1. The normalized spacial score (nSPS) is 12.9. The topological polar surface area (TPSA) is 106 Å². The summed E-state index contributed by atoms with van der Waals surface area (Å²) in [6.07, 6.45) is 1.23. The average molecular weight is 356 g/mol. The van der Waals surface area contributed by atoms with E-state index in [0.29, 0.717) is 0 Å². The van der Waals surface area contributed by atoms with Crippen molar-refractivity contribution in [1.29, 1.82) is 0 Å². The highest BCUT2D eigenvalue weighted by molar-refractivity contribution is 6.35. The highest BCUT2D eigenvalue weighted by atomic mass is 16.5. The second-order valence-electron chi connectivity index (χ2n) is 5.36. The molecule has 1 aliphatic rings. The molecule has 8 heteroatoms. The summed E-state index contributed by atoms with van der Waals surface area (Å²) in [7, 11) is 0. The lowest BCUT2D eigenvalue weighted by molar-refractivity contribution is 0.0480. The molecule has 0 radical (unpaired) electrons. The highest BCUT2D eigenvalue weighted by Crippen LogP contribution is 2.32. The molecule has 0 unspecified atom stereocenters. The van der Waals surface area contributed by atoms with Gasteiger partial charge in [-0.2, -0.15) is 0 Å². The Hall–Kier alpha value is -3.42. The lowest BCUT2D eigenvalue weighted by Gasteiger charge is -2.14. The van der Waals surface area contributed by atoms with Crippen LogP contribution in [0.25, 0.3) is 0 Å². The van der Waals surface area contributed by atoms with Crippen LogP contribution < -0.4 is 4.90 Å². The van der Waals surface area contributed by atoms with Crippen LogP contribution in [0.3, 0.4) is 0 Å². The first kappa shape index (κ1) is 17.4. The molecular formula is C18H16N2O6. The van der Waals surface area contributed by atoms with Gasteiger partial charge in [0.1, 0.15) is 11.4 Å². The molecule has 0 aliphatic carbocycles. The smallest absolute Gasteiger partial charge is 0.342 e. The Morgan fingerprint density at radius 3 is 2.04 bits per heavy atom. The maximum absolute atomic E-state index is 12.7. The Morgan fingerprint density at radius 1 is 0.962 bits per heavy atom. The zero-order chi connectivity index (χ0) is 18.8. The van der Waals surface area contributed by atoms with Gasteiger partial charge in [0, 0.05) is 6.20 Å². The van der Waals surface area contributed by atoms with Crippen LogP contribution >= 0.6 is 0 Å². The third-order valence-corrected chi connectivity index (χ3v) is 3.85. The van der Waals surface area contributed by atoms with E-state index in [1.807, 2.05) is 0 Å². The second kappa shape index (κ2) is 6.83. The van der Waals surface area contributed by atoms with Gasteiger partial charge in [0.25, 0.3) is 11.8 Å². The average Bonchev–Trinajstić information content (AvgIpc) is 3.16. The number of nitrogens with zero attached hydrogens (tertiary/aromatic N) is 1. The predicted molar refractivity (Wildman–Crippen MR) is 90.3 cm³/mol. The number of amides is 2. The Balaban J connectivity index is 2.11. The van der Waals surface area contributed by atoms with Crippen LogP contribution in [-0.4, -0.2) is 42.0 Å². The SMILES string of the molecule is CCOC(=O)c1c[nH]c(N2C(=O)c3ccccc3C2=O)c1C(=O)OCC. The molecule has 2 aromatic rings. The number of rotatable bonds is 5. The van der Waals surface area contributed by atoms with Crippen LogP contribution in [0.4, 0.5) is 5.82 Å². The van der Waals surface area contributed by atoms with Crippen LogP contribution in [0.1, 0.15) is 55.3 Å². The summed E-state index contributed by atoms with van der Waals surface area (Å²) in [5, 5.41) is 0. The molecule has 1 aromatic heterocycles. The summed E-state index contributed by atoms with van der Waals surface area (Å²) in [6.45, 7) is 3.40. The van der Waals surface area contributed by atoms with E-state index in [1.165, 1.54) is 18.3 Å². The molecule has 1 aliphatic heterocycles. The predicted octanol–water partition coefficient (Wildman–Crippen LogP) is 2.17. The van der Waals surface area contributed by atoms with E-state index >= 15 is 0 Å². The van der Waals surface area contributed by atoms with Gasteiger partial charge in [0.2, 0.25) is 0 Å². The molecule has 2 heterocycles. The van der Waals surface area contributed by atoms with Gasteiger partial charge in [-0.25, -0.2) is 14.5 Å². The highest BCUT2D eigenvalue weighted by Gasteiger charge is 2.40. The molecule has 0 bridgehead atoms. The van der Waals surface area contributed by atoms with Crippen LogP contribution in [0.5, 0.6) is 0 Å². The molecule has 1 aromatic carbocycles. The number of imide groups is 1. The van der Waals surface area contributed by atoms with Crippen molar-refractivity contribution < 1.29 is 28.7 Å². The summed E-state index contributed by atoms with van der Waals surface area (Å²) in [6, 6.07) is 6.32. The standard InChI is InChI=1S/C18H16N2O6/c1-3-25-17(23)12-9-19-14(13(12)18(24)26-4-2)20-15(21)10-7-5-6-8-11(10)16(20)22/h5-9,19H,3-4H2,1-2H3. The van der Waals surface area contributed by atoms with E-state index in [9.17, 15) is 19.2 Å². The van der Waals surface area contributed by atoms with E-state index < -0.39 is 23.8 Å². The molecule has 0 saturated carbocycles. The molecule has 3 rings (SSSR count). The minimum Gasteiger partial charge on any atom is -0.462 e. The Bertz CT molecular complexity index is 879. The number of nitrogens with one attached hydrogen (secondary N) is 1. The first-order valence-electron chi connectivity index (χ1n) is 8.04. The number of carbonyl (C=O) groups is 4. The number of ether oxygens (including phenoxy) is 2. The van der Waals surface area contributed by atoms with Crippen molar-refractivity contribution in [2.24, 2.45) is 0 Å². The van der Waals surface area contributed by atoms with Gasteiger partial charge in [-0.3, -0.25) is 9.59 Å². The third kappa shape index (κ3) is 2.65. The number of esters is 2. The van der Waals surface area contributed by atoms with Gasteiger partial charge in [-0.05, 0) is 26.0 Å². The van der Waals surface area contributed by atoms with Crippen molar-refractivity contribution in [3.05, 3.63) is 52.7 Å². The number of hydrogen-bond donors (Lipinski definition) is 1. The number of H-pyrrole nitrogens is 1. The van der Waals surface area contributed by atoms with Crippen LogP contribution in [0.2, 0.25) is 0 Å². The van der Waals surface area contributed by atoms with Gasteiger partial charge in [0.15, 0.2) is 0 Å². The summed E-state index contributed by atoms with van der Waals surface area (Å²) in [4.78, 5) is 53.4. The first-order valence-corrected chi connectivity index (χ1v) is 8.04. The molecular weight excluding hydrogens is 340 g/mol. The van der Waals surface area contributed by atoms with Gasteiger partial charge in [-0.15, -0.1) is 0 Å². The van der Waals surface area contributed by atoms with Crippen LogP contribution in [0.15, 0.2) is 30.5 Å². The van der Waals surface area contributed by atoms with Crippen LogP contribution in [-0.2, 0) is 9.47 Å². The van der Waals surface area contributed by atoms with Crippen molar-refractivity contribution in [1.82, 2.24) is 4.98 Å². The molecule has 8 nitrogen and oxygen atoms in total. The Morgan fingerprint density at radius 2 is 1.50 bits per heavy atom. The molecule has 2 amide bonds. The van der Waals surface area contributed by atoms with Crippen molar-refractivity contribution in [3.63, 3.8) is 0 Å². The molecule has 0 saturated heterocycles. The van der Waals surface area contributed by atoms with E-state index in [0.717, 1.165) is 4.90 Å². The molecule has 1 N–H and O–H groups in total. The quantitative estimate of drug-likeness (QED) is 0.650. The zero-order valence-electron chi connectivity index (χ0n) is 14.2. The van der Waals surface area contributed by atoms with Crippen molar-refractivity contribution in [3.8, 4) is 0 Å². The summed E-state index contributed by atoms with van der Waals surface area (Å²) in [5.41, 5.74) is 0.135. The summed E-state index contributed by atoms with van der Waals surface area (Å²) in [5.74, 6) is -2.88. The molecule has 0 spiro atoms. The zero-order valence-corrected chi connectivity index (χ0v) is 14.2. The van der Waals surface area contributed by atoms with E-state index in [2.05, 4.69) is 4.98 Å². The largest absolute Gasteiger partial charge is 0.462 e. The lowest BCUT2D eigenvalue weighted by atomic mass is 10.1. The first-order chi connectivity index (χ1) is 12.5. The van der Waals surface area contributed by atoms with Crippen molar-refractivity contribution >= 4 is 29.6 Å². The van der Waals surface area contributed by atoms with E-state index in [4.69, 9.17) is 9.47 Å². The maximum atomic E-state index is 12.7. The monoisotopic (exact) mass is 356 g/mol. The van der Waals surface area contributed by atoms with E-state index in [-0.39, 0.29) is 41.3 Å². The molecule has 0 fully saturated rings. The number of aromatic nitrogens is 1. The van der Waals surface area contributed by atoms with Crippen molar-refractivity contribution in [2.45, 2.75) is 13.8 Å². The number of fused-ring (bicyclic) bond motifs is 1. The molecule has 26 heavy (non-hydrogen) atoms. The molecule has 0 atom stereocenters. The van der Waals surface area contributed by atoms with Gasteiger partial charge in [0.05, 0.1) is 29.9 Å². The Kier molecular flexibility index (Phi) is 4.57. The van der Waals surface area contributed by atoms with E-state index in [1.54, 1.807) is 26.0 Å². The number of carbonyl (C=O) groups excluding carboxylic acids is 4. The number of anilines is 1. The summed E-state index contributed by atoms with van der Waals surface area (Å²) < 4.78 is 9.92. The number of aromatic amines is 1. The fourth-order valence-corrected chi connectivity index (χ4v) is 2.76. The van der Waals surface area contributed by atoms with Crippen LogP contribution in [0, 0.1) is 0 Å². The Labute approximate surface area is 148 Å². The minimum absolute atomic E-state index is 0.0633. The fourth-order valence-electron chi connectivity index (χ4n) is 2.76. The lowest BCUT2D eigenvalue weighted by Crippen LogP contribution is -2.31. The third-order valence-electron chi connectivity index (χ3n) is 3.85.